The molecule has 1 unspecified atom stereocenters. The Morgan fingerprint density at radius 2 is 1.53 bits per heavy atom. The van der Waals surface area contributed by atoms with Crippen LogP contribution in [-0.2, 0) is 10.2 Å². The lowest BCUT2D eigenvalue weighted by atomic mass is 9.85. The zero-order valence-corrected chi connectivity index (χ0v) is 21.4. The molecule has 1 amide bonds. The van der Waals surface area contributed by atoms with Gasteiger partial charge in [0, 0.05) is 5.41 Å². The highest BCUT2D eigenvalue weighted by Gasteiger charge is 2.60. The van der Waals surface area contributed by atoms with Crippen LogP contribution in [0.3, 0.4) is 0 Å². The summed E-state index contributed by atoms with van der Waals surface area (Å²) in [5, 5.41) is 4.48. The van der Waals surface area contributed by atoms with E-state index in [0.29, 0.717) is 22.8 Å². The lowest BCUT2D eigenvalue weighted by Crippen LogP contribution is -2.25. The predicted octanol–water partition coefficient (Wildman–Crippen LogP) is 6.02. The van der Waals surface area contributed by atoms with Crippen LogP contribution in [0.25, 0.3) is 0 Å². The summed E-state index contributed by atoms with van der Waals surface area (Å²) < 4.78 is 10.9. The number of methoxy groups -OCH3 is 1. The average molecular weight is 525 g/mol. The third-order valence-corrected chi connectivity index (χ3v) is 7.06. The first kappa shape index (κ1) is 25.2. The zero-order chi connectivity index (χ0) is 26.5. The number of hydrazone groups is 1. The van der Waals surface area contributed by atoms with Gasteiger partial charge in [0.25, 0.3) is 0 Å². The van der Waals surface area contributed by atoms with E-state index < -0.39 is 5.97 Å². The molecule has 4 aromatic rings. The quantitative estimate of drug-likeness (QED) is 0.132. The predicted molar refractivity (Wildman–Crippen MR) is 147 cm³/mol. The van der Waals surface area contributed by atoms with Crippen LogP contribution in [0.2, 0.25) is 5.02 Å². The molecule has 0 aliphatic heterocycles. The second-order valence-corrected chi connectivity index (χ2v) is 9.38. The lowest BCUT2D eigenvalue weighted by Gasteiger charge is -2.18. The minimum Gasteiger partial charge on any atom is -0.493 e. The van der Waals surface area contributed by atoms with Crippen LogP contribution in [0.4, 0.5) is 0 Å². The van der Waals surface area contributed by atoms with Gasteiger partial charge in [0.2, 0.25) is 5.91 Å². The summed E-state index contributed by atoms with van der Waals surface area (Å²) in [5.74, 6) is -0.383. The molecule has 1 aliphatic rings. The molecule has 0 aromatic heterocycles. The number of rotatable bonds is 8. The number of nitrogens with zero attached hydrogens (tertiary/aromatic N) is 1. The molecule has 0 saturated heterocycles. The van der Waals surface area contributed by atoms with Crippen LogP contribution < -0.4 is 14.9 Å². The molecule has 5 rings (SSSR count). The van der Waals surface area contributed by atoms with Crippen LogP contribution in [0.5, 0.6) is 11.5 Å². The molecule has 4 aromatic carbocycles. The van der Waals surface area contributed by atoms with Gasteiger partial charge in [-0.05, 0) is 53.4 Å². The normalized spacial score (nSPS) is 15.6. The van der Waals surface area contributed by atoms with Crippen molar-refractivity contribution in [3.63, 3.8) is 0 Å². The minimum absolute atomic E-state index is 0.147. The smallest absolute Gasteiger partial charge is 0.345 e. The van der Waals surface area contributed by atoms with E-state index in [1.54, 1.807) is 42.5 Å². The first-order chi connectivity index (χ1) is 18.5. The van der Waals surface area contributed by atoms with Crippen LogP contribution >= 0.6 is 11.6 Å². The third kappa shape index (κ3) is 5.04. The number of ether oxygens (including phenoxy) is 2. The van der Waals surface area contributed by atoms with Gasteiger partial charge in [0.15, 0.2) is 11.5 Å². The van der Waals surface area contributed by atoms with Crippen molar-refractivity contribution in [2.45, 2.75) is 11.8 Å². The summed E-state index contributed by atoms with van der Waals surface area (Å²) in [5.41, 5.74) is 5.47. The largest absolute Gasteiger partial charge is 0.493 e. The van der Waals surface area contributed by atoms with E-state index in [-0.39, 0.29) is 28.6 Å². The van der Waals surface area contributed by atoms with Gasteiger partial charge in [-0.15, -0.1) is 0 Å². The van der Waals surface area contributed by atoms with Gasteiger partial charge in [-0.25, -0.2) is 10.2 Å². The van der Waals surface area contributed by atoms with E-state index in [1.807, 2.05) is 36.4 Å². The highest BCUT2D eigenvalue weighted by Crippen LogP contribution is 2.58. The van der Waals surface area contributed by atoms with E-state index >= 15 is 0 Å². The molecular weight excluding hydrogens is 500 g/mol. The molecule has 1 aliphatic carbocycles. The Hall–Kier alpha value is -4.42. The van der Waals surface area contributed by atoms with E-state index in [1.165, 1.54) is 13.3 Å². The Morgan fingerprint density at radius 1 is 0.895 bits per heavy atom. The van der Waals surface area contributed by atoms with Crippen molar-refractivity contribution in [1.29, 1.82) is 0 Å². The number of amides is 1. The lowest BCUT2D eigenvalue weighted by molar-refractivity contribution is -0.122. The maximum atomic E-state index is 13.1. The minimum atomic E-state index is -0.590. The molecule has 1 N–H and O–H groups in total. The van der Waals surface area contributed by atoms with Crippen molar-refractivity contribution in [3.8, 4) is 11.5 Å². The first-order valence-corrected chi connectivity index (χ1v) is 12.5. The summed E-state index contributed by atoms with van der Waals surface area (Å²) in [6, 6.07) is 31.8. The molecule has 6 nitrogen and oxygen atoms in total. The Balaban J connectivity index is 1.27. The summed E-state index contributed by atoms with van der Waals surface area (Å²) >= 11 is 6.10. The Labute approximate surface area is 225 Å². The molecule has 38 heavy (non-hydrogen) atoms. The van der Waals surface area contributed by atoms with Crippen LogP contribution in [0.15, 0.2) is 108 Å². The number of nitrogens with one attached hydrogen (secondary N) is 1. The third-order valence-electron chi connectivity index (χ3n) is 6.73. The topological polar surface area (TPSA) is 77.0 Å². The van der Waals surface area contributed by atoms with E-state index in [2.05, 4.69) is 34.8 Å². The fourth-order valence-corrected chi connectivity index (χ4v) is 4.95. The first-order valence-electron chi connectivity index (χ1n) is 12.1. The molecule has 0 heterocycles. The van der Waals surface area contributed by atoms with Crippen molar-refractivity contribution >= 4 is 29.7 Å². The molecule has 190 valence electrons. The number of benzene rings is 4. The zero-order valence-electron chi connectivity index (χ0n) is 20.6. The number of esters is 1. The summed E-state index contributed by atoms with van der Waals surface area (Å²) in [6.07, 6.45) is 2.23. The number of hydrogen-bond acceptors (Lipinski definition) is 5. The monoisotopic (exact) mass is 524 g/mol. The van der Waals surface area contributed by atoms with Gasteiger partial charge in [-0.3, -0.25) is 4.79 Å². The van der Waals surface area contributed by atoms with Gasteiger partial charge in [-0.2, -0.15) is 5.10 Å². The molecule has 1 saturated carbocycles. The molecule has 1 fully saturated rings. The summed E-state index contributed by atoms with van der Waals surface area (Å²) in [6.45, 7) is 0. The number of halogens is 1. The standard InChI is InChI=1S/C31H25ClN2O4/c1-37-28-18-21(16-17-27(28)38-30(36)24-14-8-9-15-26(24)32)20-33-34-29(35)25-19-31(25,22-10-4-2-5-11-22)23-12-6-3-7-13-23/h2-18,20,25H,19H2,1H3,(H,34,35). The highest BCUT2D eigenvalue weighted by molar-refractivity contribution is 6.33. The summed E-state index contributed by atoms with van der Waals surface area (Å²) in [4.78, 5) is 25.6. The Morgan fingerprint density at radius 3 is 2.16 bits per heavy atom. The van der Waals surface area contributed by atoms with Crippen LogP contribution in [0, 0.1) is 5.92 Å². The maximum Gasteiger partial charge on any atom is 0.345 e. The second kappa shape index (κ2) is 10.9. The van der Waals surface area contributed by atoms with E-state index in [9.17, 15) is 9.59 Å². The van der Waals surface area contributed by atoms with Gasteiger partial charge in [0.05, 0.1) is 29.8 Å². The van der Waals surface area contributed by atoms with Crippen molar-refractivity contribution in [2.75, 3.05) is 7.11 Å². The molecule has 0 spiro atoms. The SMILES string of the molecule is COc1cc(C=NNC(=O)C2CC2(c2ccccc2)c2ccccc2)ccc1OC(=O)c1ccccc1Cl. The van der Waals surface area contributed by atoms with Gasteiger partial charge in [-0.1, -0.05) is 84.4 Å². The fourth-order valence-electron chi connectivity index (χ4n) is 4.73. The van der Waals surface area contributed by atoms with Crippen molar-refractivity contribution < 1.29 is 19.1 Å². The molecule has 1 atom stereocenters. The molecule has 0 bridgehead atoms. The Bertz CT molecular complexity index is 1450. The maximum absolute atomic E-state index is 13.1. The fraction of sp³-hybridized carbons (Fsp3) is 0.129. The highest BCUT2D eigenvalue weighted by atomic mass is 35.5. The van der Waals surface area contributed by atoms with Crippen molar-refractivity contribution in [3.05, 3.63) is 130 Å². The van der Waals surface area contributed by atoms with Gasteiger partial charge in [0.1, 0.15) is 0 Å². The van der Waals surface area contributed by atoms with E-state index in [0.717, 1.165) is 11.1 Å². The average Bonchev–Trinajstić information content (AvgIpc) is 3.72. The van der Waals surface area contributed by atoms with Gasteiger partial charge >= 0.3 is 5.97 Å². The van der Waals surface area contributed by atoms with Crippen molar-refractivity contribution in [2.24, 2.45) is 11.0 Å². The van der Waals surface area contributed by atoms with Crippen molar-refractivity contribution in [1.82, 2.24) is 5.43 Å². The molecular formula is C31H25ClN2O4. The number of carbonyl (C=O) groups is 2. The molecule has 0 radical (unpaired) electrons. The second-order valence-electron chi connectivity index (χ2n) is 8.97. The number of hydrogen-bond donors (Lipinski definition) is 1. The number of carbonyl (C=O) groups excluding carboxylic acids is 2. The van der Waals surface area contributed by atoms with E-state index in [4.69, 9.17) is 21.1 Å². The summed E-state index contributed by atoms with van der Waals surface area (Å²) in [7, 11) is 1.48. The van der Waals surface area contributed by atoms with Crippen LogP contribution in [0.1, 0.15) is 33.5 Å². The molecule has 7 heteroatoms. The van der Waals surface area contributed by atoms with Crippen LogP contribution in [-0.4, -0.2) is 25.2 Å². The van der Waals surface area contributed by atoms with Gasteiger partial charge < -0.3 is 9.47 Å². The Kier molecular flexibility index (Phi) is 7.24.